The number of anilines is 2. The molecule has 2 amide bonds. The van der Waals surface area contributed by atoms with Gasteiger partial charge in [-0.25, -0.2) is 0 Å². The summed E-state index contributed by atoms with van der Waals surface area (Å²) in [5, 5.41) is 8.57. The number of rotatable bonds is 4. The lowest BCUT2D eigenvalue weighted by Gasteiger charge is -2.09. The van der Waals surface area contributed by atoms with Crippen molar-refractivity contribution in [3.8, 4) is 0 Å². The molecule has 1 aliphatic rings. The van der Waals surface area contributed by atoms with Gasteiger partial charge >= 0.3 is 0 Å². The largest absolute Gasteiger partial charge is 0.357 e. The fourth-order valence-electron chi connectivity index (χ4n) is 2.09. The van der Waals surface area contributed by atoms with E-state index in [0.29, 0.717) is 17.8 Å². The van der Waals surface area contributed by atoms with Crippen molar-refractivity contribution in [2.75, 3.05) is 17.2 Å². The van der Waals surface area contributed by atoms with Gasteiger partial charge in [-0.2, -0.15) is 0 Å². The molecule has 1 aromatic heterocycles. The quantitative estimate of drug-likeness (QED) is 0.802. The number of carbonyl (C=O) groups excluding carboxylic acids is 2. The first kappa shape index (κ1) is 13.8. The number of benzene rings is 1. The Hall–Kier alpha value is -3.15. The van der Waals surface area contributed by atoms with Crippen molar-refractivity contribution in [2.24, 2.45) is 0 Å². The minimum atomic E-state index is -0.216. The molecule has 0 saturated carbocycles. The third kappa shape index (κ3) is 3.29. The average Bonchev–Trinajstić information content (AvgIpc) is 2.93. The first-order valence-electron chi connectivity index (χ1n) is 6.77. The van der Waals surface area contributed by atoms with Crippen LogP contribution in [0.2, 0.25) is 0 Å². The molecule has 1 aromatic carbocycles. The second kappa shape index (κ2) is 6.09. The van der Waals surface area contributed by atoms with E-state index in [9.17, 15) is 9.59 Å². The minimum Gasteiger partial charge on any atom is -0.357 e. The summed E-state index contributed by atoms with van der Waals surface area (Å²) in [4.78, 5) is 27.3. The molecule has 0 radical (unpaired) electrons. The first-order chi connectivity index (χ1) is 10.7. The Morgan fingerprint density at radius 1 is 1.18 bits per heavy atom. The molecule has 3 N–H and O–H groups in total. The molecule has 0 aliphatic carbocycles. The lowest BCUT2D eigenvalue weighted by molar-refractivity contribution is -0.115. The zero-order chi connectivity index (χ0) is 15.4. The number of pyridine rings is 1. The highest BCUT2D eigenvalue weighted by molar-refractivity contribution is 6.04. The Kier molecular flexibility index (Phi) is 3.82. The highest BCUT2D eigenvalue weighted by atomic mass is 16.2. The van der Waals surface area contributed by atoms with Crippen LogP contribution in [0.15, 0.2) is 60.6 Å². The summed E-state index contributed by atoms with van der Waals surface area (Å²) in [6.45, 7) is 0.463. The molecule has 0 saturated heterocycles. The van der Waals surface area contributed by atoms with Crippen LogP contribution >= 0.6 is 0 Å². The Balaban J connectivity index is 1.72. The molecule has 0 spiro atoms. The maximum absolute atomic E-state index is 12.2. The lowest BCUT2D eigenvalue weighted by Crippen LogP contribution is -2.16. The van der Waals surface area contributed by atoms with E-state index in [1.54, 1.807) is 42.7 Å². The number of aromatic nitrogens is 1. The molecule has 6 heteroatoms. The molecular weight excluding hydrogens is 280 g/mol. The normalized spacial score (nSPS) is 13.3. The van der Waals surface area contributed by atoms with Crippen LogP contribution in [0.3, 0.4) is 0 Å². The third-order valence-electron chi connectivity index (χ3n) is 3.11. The molecule has 22 heavy (non-hydrogen) atoms. The van der Waals surface area contributed by atoms with Crippen LogP contribution in [0.25, 0.3) is 0 Å². The van der Waals surface area contributed by atoms with Crippen LogP contribution < -0.4 is 16.0 Å². The van der Waals surface area contributed by atoms with Crippen molar-refractivity contribution in [1.29, 1.82) is 0 Å². The number of carbonyl (C=O) groups is 2. The molecule has 6 nitrogen and oxygen atoms in total. The van der Waals surface area contributed by atoms with Gasteiger partial charge in [-0.05, 0) is 30.3 Å². The van der Waals surface area contributed by atoms with Gasteiger partial charge in [0.25, 0.3) is 5.91 Å². The summed E-state index contributed by atoms with van der Waals surface area (Å²) in [6.07, 6.45) is 4.73. The van der Waals surface area contributed by atoms with Crippen molar-refractivity contribution in [3.05, 3.63) is 66.1 Å². The van der Waals surface area contributed by atoms with E-state index in [0.717, 1.165) is 11.4 Å². The molecule has 2 heterocycles. The summed E-state index contributed by atoms with van der Waals surface area (Å²) < 4.78 is 0. The minimum absolute atomic E-state index is 0.118. The van der Waals surface area contributed by atoms with E-state index >= 15 is 0 Å². The van der Waals surface area contributed by atoms with Gasteiger partial charge in [0.2, 0.25) is 5.91 Å². The zero-order valence-electron chi connectivity index (χ0n) is 11.7. The standard InChI is InChI=1S/C16H14N4O2/c21-15-8-14(10-18-15)19-12-4-1-3-11(7-12)16(22)20-13-5-2-6-17-9-13/h1-9,19H,10H2,(H,18,21)(H,20,22). The predicted octanol–water partition coefficient (Wildman–Crippen LogP) is 1.76. The summed E-state index contributed by atoms with van der Waals surface area (Å²) in [7, 11) is 0. The molecule has 110 valence electrons. The molecule has 3 rings (SSSR count). The number of amides is 2. The number of nitrogens with one attached hydrogen (secondary N) is 3. The molecule has 0 fully saturated rings. The van der Waals surface area contributed by atoms with E-state index in [1.165, 1.54) is 6.08 Å². The summed E-state index contributed by atoms with van der Waals surface area (Å²) in [5.41, 5.74) is 2.68. The zero-order valence-corrected chi connectivity index (χ0v) is 11.7. The predicted molar refractivity (Wildman–Crippen MR) is 83.3 cm³/mol. The van der Waals surface area contributed by atoms with Gasteiger partial charge in [-0.15, -0.1) is 0 Å². The Morgan fingerprint density at radius 2 is 2.05 bits per heavy atom. The molecular formula is C16H14N4O2. The smallest absolute Gasteiger partial charge is 0.255 e. The van der Waals surface area contributed by atoms with Gasteiger partial charge in [0.1, 0.15) is 0 Å². The van der Waals surface area contributed by atoms with Gasteiger partial charge in [-0.3, -0.25) is 14.6 Å². The molecule has 0 unspecified atom stereocenters. The van der Waals surface area contributed by atoms with Gasteiger partial charge in [0.15, 0.2) is 0 Å². The maximum Gasteiger partial charge on any atom is 0.255 e. The fraction of sp³-hybridized carbons (Fsp3) is 0.0625. The highest BCUT2D eigenvalue weighted by Crippen LogP contribution is 2.15. The van der Waals surface area contributed by atoms with Gasteiger partial charge in [0.05, 0.1) is 18.4 Å². The van der Waals surface area contributed by atoms with Crippen LogP contribution in [0.5, 0.6) is 0 Å². The number of hydrogen-bond donors (Lipinski definition) is 3. The topological polar surface area (TPSA) is 83.1 Å². The Labute approximate surface area is 127 Å². The third-order valence-corrected chi connectivity index (χ3v) is 3.11. The Bertz CT molecular complexity index is 741. The first-order valence-corrected chi connectivity index (χ1v) is 6.77. The van der Waals surface area contributed by atoms with Crippen molar-refractivity contribution in [3.63, 3.8) is 0 Å². The second-order valence-corrected chi connectivity index (χ2v) is 4.79. The van der Waals surface area contributed by atoms with Gasteiger partial charge in [0, 0.05) is 29.2 Å². The monoisotopic (exact) mass is 294 g/mol. The van der Waals surface area contributed by atoms with Crippen molar-refractivity contribution in [1.82, 2.24) is 10.3 Å². The SMILES string of the molecule is O=C1C=C(Nc2cccc(C(=O)Nc3cccnc3)c2)CN1. The summed E-state index contributed by atoms with van der Waals surface area (Å²) >= 11 is 0. The van der Waals surface area contributed by atoms with Crippen molar-refractivity contribution >= 4 is 23.2 Å². The fourth-order valence-corrected chi connectivity index (χ4v) is 2.09. The maximum atomic E-state index is 12.2. The van der Waals surface area contributed by atoms with E-state index < -0.39 is 0 Å². The Morgan fingerprint density at radius 3 is 2.77 bits per heavy atom. The second-order valence-electron chi connectivity index (χ2n) is 4.79. The van der Waals surface area contributed by atoms with Crippen LogP contribution in [0.1, 0.15) is 10.4 Å². The average molecular weight is 294 g/mol. The van der Waals surface area contributed by atoms with Crippen LogP contribution in [0.4, 0.5) is 11.4 Å². The van der Waals surface area contributed by atoms with Crippen molar-refractivity contribution < 1.29 is 9.59 Å². The van der Waals surface area contributed by atoms with Gasteiger partial charge in [-0.1, -0.05) is 6.07 Å². The van der Waals surface area contributed by atoms with E-state index in [-0.39, 0.29) is 11.8 Å². The van der Waals surface area contributed by atoms with Gasteiger partial charge < -0.3 is 16.0 Å². The number of hydrogen-bond acceptors (Lipinski definition) is 4. The van der Waals surface area contributed by atoms with Crippen LogP contribution in [-0.2, 0) is 4.79 Å². The van der Waals surface area contributed by atoms with Crippen LogP contribution in [-0.4, -0.2) is 23.3 Å². The van der Waals surface area contributed by atoms with E-state index in [2.05, 4.69) is 20.9 Å². The van der Waals surface area contributed by atoms with Crippen molar-refractivity contribution in [2.45, 2.75) is 0 Å². The molecule has 0 atom stereocenters. The molecule has 2 aromatic rings. The van der Waals surface area contributed by atoms with E-state index in [1.807, 2.05) is 6.07 Å². The summed E-state index contributed by atoms with van der Waals surface area (Å²) in [6, 6.07) is 10.6. The number of nitrogens with zero attached hydrogens (tertiary/aromatic N) is 1. The molecule has 1 aliphatic heterocycles. The van der Waals surface area contributed by atoms with Crippen LogP contribution in [0, 0.1) is 0 Å². The van der Waals surface area contributed by atoms with E-state index in [4.69, 9.17) is 0 Å². The molecule has 0 bridgehead atoms. The highest BCUT2D eigenvalue weighted by Gasteiger charge is 2.11. The summed E-state index contributed by atoms with van der Waals surface area (Å²) in [5.74, 6) is -0.334. The lowest BCUT2D eigenvalue weighted by atomic mass is 10.2.